The number of amides is 1. The van der Waals surface area contributed by atoms with E-state index >= 15 is 0 Å². The van der Waals surface area contributed by atoms with E-state index in [1.165, 1.54) is 12.1 Å². The van der Waals surface area contributed by atoms with Crippen LogP contribution in [-0.2, 0) is 9.84 Å². The van der Waals surface area contributed by atoms with E-state index in [9.17, 15) is 13.2 Å². The summed E-state index contributed by atoms with van der Waals surface area (Å²) >= 11 is 5.85. The smallest absolute Gasteiger partial charge is 0.256 e. The van der Waals surface area contributed by atoms with Gasteiger partial charge in [-0.3, -0.25) is 4.79 Å². The molecular formula is C15H14ClNO3S. The average molecular weight is 324 g/mol. The van der Waals surface area contributed by atoms with Gasteiger partial charge >= 0.3 is 0 Å². The summed E-state index contributed by atoms with van der Waals surface area (Å²) in [6, 6.07) is 12.8. The molecule has 0 aliphatic heterocycles. The maximum Gasteiger partial charge on any atom is 0.256 e. The number of hydrogen-bond donors (Lipinski definition) is 1. The highest BCUT2D eigenvalue weighted by Crippen LogP contribution is 2.20. The van der Waals surface area contributed by atoms with Crippen LogP contribution in [0.15, 0.2) is 53.4 Å². The van der Waals surface area contributed by atoms with Gasteiger partial charge in [-0.15, -0.1) is 0 Å². The Morgan fingerprint density at radius 1 is 1.14 bits per heavy atom. The highest BCUT2D eigenvalue weighted by molar-refractivity contribution is 7.91. The Kier molecular flexibility index (Phi) is 4.65. The van der Waals surface area contributed by atoms with Crippen molar-refractivity contribution in [2.45, 2.75) is 11.8 Å². The van der Waals surface area contributed by atoms with E-state index in [1.54, 1.807) is 43.3 Å². The number of anilines is 1. The molecule has 2 aromatic rings. The Morgan fingerprint density at radius 3 is 2.52 bits per heavy atom. The highest BCUT2D eigenvalue weighted by atomic mass is 35.5. The molecule has 0 saturated carbocycles. The second-order valence-corrected chi connectivity index (χ2v) is 7.05. The van der Waals surface area contributed by atoms with Crippen molar-refractivity contribution < 1.29 is 13.2 Å². The van der Waals surface area contributed by atoms with Crippen LogP contribution in [0.3, 0.4) is 0 Å². The van der Waals surface area contributed by atoms with Crippen molar-refractivity contribution in [1.82, 2.24) is 0 Å². The molecule has 4 nitrogen and oxygen atoms in total. The first-order chi connectivity index (χ1) is 9.94. The van der Waals surface area contributed by atoms with Gasteiger partial charge in [-0.25, -0.2) is 8.42 Å². The third-order valence-corrected chi connectivity index (χ3v) is 4.95. The quantitative estimate of drug-likeness (QED) is 0.938. The van der Waals surface area contributed by atoms with E-state index in [-0.39, 0.29) is 16.2 Å². The summed E-state index contributed by atoms with van der Waals surface area (Å²) in [6.45, 7) is 1.54. The fourth-order valence-electron chi connectivity index (χ4n) is 1.85. The second kappa shape index (κ2) is 6.28. The Morgan fingerprint density at radius 2 is 1.86 bits per heavy atom. The number of halogens is 1. The van der Waals surface area contributed by atoms with Crippen LogP contribution in [0.5, 0.6) is 0 Å². The lowest BCUT2D eigenvalue weighted by Gasteiger charge is -2.10. The fourth-order valence-corrected chi connectivity index (χ4v) is 3.13. The minimum Gasteiger partial charge on any atom is -0.322 e. The molecule has 0 aromatic heterocycles. The molecule has 0 fully saturated rings. The van der Waals surface area contributed by atoms with Crippen molar-refractivity contribution in [3.63, 3.8) is 0 Å². The van der Waals surface area contributed by atoms with Crippen LogP contribution < -0.4 is 5.32 Å². The monoisotopic (exact) mass is 323 g/mol. The topological polar surface area (TPSA) is 63.2 Å². The van der Waals surface area contributed by atoms with E-state index in [0.29, 0.717) is 10.7 Å². The van der Waals surface area contributed by atoms with Crippen LogP contribution in [0.1, 0.15) is 17.3 Å². The van der Waals surface area contributed by atoms with Crippen LogP contribution in [0, 0.1) is 0 Å². The predicted molar refractivity (Wildman–Crippen MR) is 83.6 cm³/mol. The summed E-state index contributed by atoms with van der Waals surface area (Å²) in [5.41, 5.74) is 0.635. The van der Waals surface area contributed by atoms with Crippen LogP contribution in [0.25, 0.3) is 0 Å². The lowest BCUT2D eigenvalue weighted by atomic mass is 10.2. The summed E-state index contributed by atoms with van der Waals surface area (Å²) in [6.07, 6.45) is 0. The highest BCUT2D eigenvalue weighted by Gasteiger charge is 2.20. The lowest BCUT2D eigenvalue weighted by Crippen LogP contribution is -2.17. The molecule has 0 spiro atoms. The number of nitrogens with one attached hydrogen (secondary N) is 1. The van der Waals surface area contributed by atoms with Crippen molar-refractivity contribution in [3.8, 4) is 0 Å². The lowest BCUT2D eigenvalue weighted by molar-refractivity contribution is 0.102. The van der Waals surface area contributed by atoms with Gasteiger partial charge in [0.05, 0.1) is 16.2 Å². The van der Waals surface area contributed by atoms with Gasteiger partial charge in [0.15, 0.2) is 9.84 Å². The first kappa shape index (κ1) is 15.5. The van der Waals surface area contributed by atoms with Gasteiger partial charge in [0.1, 0.15) is 0 Å². The average Bonchev–Trinajstić information content (AvgIpc) is 2.47. The van der Waals surface area contributed by atoms with Crippen LogP contribution in [0.2, 0.25) is 5.02 Å². The van der Waals surface area contributed by atoms with Crippen LogP contribution in [-0.4, -0.2) is 20.1 Å². The van der Waals surface area contributed by atoms with Gasteiger partial charge < -0.3 is 5.32 Å². The molecule has 110 valence electrons. The minimum absolute atomic E-state index is 0.0343. The van der Waals surface area contributed by atoms with Gasteiger partial charge in [0.2, 0.25) is 0 Å². The minimum atomic E-state index is -3.46. The van der Waals surface area contributed by atoms with E-state index in [0.717, 1.165) is 0 Å². The fraction of sp³-hybridized carbons (Fsp3) is 0.133. The van der Waals surface area contributed by atoms with Crippen LogP contribution in [0.4, 0.5) is 5.69 Å². The molecule has 0 atom stereocenters. The molecular weight excluding hydrogens is 310 g/mol. The zero-order chi connectivity index (χ0) is 15.5. The number of carbonyl (C=O) groups is 1. The van der Waals surface area contributed by atoms with Gasteiger partial charge in [-0.05, 0) is 30.3 Å². The first-order valence-electron chi connectivity index (χ1n) is 6.33. The Hall–Kier alpha value is -1.85. The Labute approximate surface area is 128 Å². The standard InChI is InChI=1S/C15H14ClNO3S/c1-2-21(19,20)14-9-4-3-8-13(14)15(18)17-12-7-5-6-11(16)10-12/h3-10H,2H2,1H3,(H,17,18). The molecule has 0 unspecified atom stereocenters. The molecule has 0 bridgehead atoms. The number of hydrogen-bond acceptors (Lipinski definition) is 3. The first-order valence-corrected chi connectivity index (χ1v) is 8.36. The third-order valence-electron chi connectivity index (χ3n) is 2.93. The number of sulfone groups is 1. The number of rotatable bonds is 4. The van der Waals surface area contributed by atoms with Crippen molar-refractivity contribution in [3.05, 3.63) is 59.1 Å². The number of benzene rings is 2. The third kappa shape index (κ3) is 3.62. The van der Waals surface area contributed by atoms with Crippen molar-refractivity contribution >= 4 is 33.0 Å². The van der Waals surface area contributed by atoms with Gasteiger partial charge in [0.25, 0.3) is 5.91 Å². The molecule has 1 N–H and O–H groups in total. The van der Waals surface area contributed by atoms with Crippen molar-refractivity contribution in [1.29, 1.82) is 0 Å². The van der Waals surface area contributed by atoms with Gasteiger partial charge in [-0.1, -0.05) is 36.7 Å². The predicted octanol–water partition coefficient (Wildman–Crippen LogP) is 3.39. The molecule has 21 heavy (non-hydrogen) atoms. The number of carbonyl (C=O) groups excluding carboxylic acids is 1. The molecule has 0 aliphatic carbocycles. The van der Waals surface area contributed by atoms with E-state index in [2.05, 4.69) is 5.32 Å². The second-order valence-electron chi connectivity index (χ2n) is 4.36. The summed E-state index contributed by atoms with van der Waals surface area (Å²) in [5.74, 6) is -0.543. The van der Waals surface area contributed by atoms with Gasteiger partial charge in [0, 0.05) is 10.7 Å². The molecule has 2 aromatic carbocycles. The molecule has 0 radical (unpaired) electrons. The molecule has 6 heteroatoms. The summed E-state index contributed by atoms with van der Waals surface area (Å²) in [4.78, 5) is 12.3. The molecule has 0 saturated heterocycles. The maximum atomic E-state index is 12.3. The molecule has 0 heterocycles. The molecule has 0 aliphatic rings. The van der Waals surface area contributed by atoms with Crippen molar-refractivity contribution in [2.75, 3.05) is 11.1 Å². The maximum absolute atomic E-state index is 12.3. The van der Waals surface area contributed by atoms with Gasteiger partial charge in [-0.2, -0.15) is 0 Å². The summed E-state index contributed by atoms with van der Waals surface area (Å²) < 4.78 is 24.1. The Balaban J connectivity index is 2.37. The van der Waals surface area contributed by atoms with E-state index in [4.69, 9.17) is 11.6 Å². The van der Waals surface area contributed by atoms with E-state index in [1.807, 2.05) is 0 Å². The normalized spacial score (nSPS) is 11.1. The summed E-state index contributed by atoms with van der Waals surface area (Å²) in [5, 5.41) is 3.14. The SMILES string of the molecule is CCS(=O)(=O)c1ccccc1C(=O)Nc1cccc(Cl)c1. The zero-order valence-electron chi connectivity index (χ0n) is 11.3. The summed E-state index contributed by atoms with van der Waals surface area (Å²) in [7, 11) is -3.46. The van der Waals surface area contributed by atoms with Crippen molar-refractivity contribution in [2.24, 2.45) is 0 Å². The largest absolute Gasteiger partial charge is 0.322 e. The Bertz CT molecular complexity index is 772. The van der Waals surface area contributed by atoms with Crippen LogP contribution >= 0.6 is 11.6 Å². The zero-order valence-corrected chi connectivity index (χ0v) is 12.9. The van der Waals surface area contributed by atoms with E-state index < -0.39 is 15.7 Å². The molecule has 1 amide bonds. The molecule has 2 rings (SSSR count).